The summed E-state index contributed by atoms with van der Waals surface area (Å²) >= 11 is 0. The molecule has 194 valence electrons. The topological polar surface area (TPSA) is 80.1 Å². The smallest absolute Gasteiger partial charge is 0.340 e. The van der Waals surface area contributed by atoms with Crippen LogP contribution in [-0.2, 0) is 16.0 Å². The molecule has 2 heterocycles. The molecular formula is C31H30N2O5. The van der Waals surface area contributed by atoms with Crippen LogP contribution in [0.25, 0.3) is 11.0 Å². The number of fused-ring (bicyclic) bond motifs is 1. The number of amides is 1. The number of hydrogen-bond acceptors (Lipinski definition) is 6. The maximum atomic E-state index is 13.3. The lowest BCUT2D eigenvalue weighted by Crippen LogP contribution is -2.50. The van der Waals surface area contributed by atoms with E-state index in [9.17, 15) is 14.4 Å². The molecule has 1 aromatic heterocycles. The zero-order valence-corrected chi connectivity index (χ0v) is 21.6. The van der Waals surface area contributed by atoms with Crippen molar-refractivity contribution in [1.82, 2.24) is 9.80 Å². The fourth-order valence-corrected chi connectivity index (χ4v) is 5.19. The van der Waals surface area contributed by atoms with Crippen molar-refractivity contribution >= 4 is 22.8 Å². The number of hydrogen-bond donors (Lipinski definition) is 0. The Morgan fingerprint density at radius 3 is 2.08 bits per heavy atom. The SMILES string of the molecule is CC(=O)Oc1ccc2c(C)c(CC(=O)N3CCN(C(c4ccccc4)c4ccccc4)CC3)c(=O)oc2c1. The molecule has 0 N–H and O–H groups in total. The largest absolute Gasteiger partial charge is 0.427 e. The third kappa shape index (κ3) is 5.38. The summed E-state index contributed by atoms with van der Waals surface area (Å²) in [7, 11) is 0. The Morgan fingerprint density at radius 2 is 1.50 bits per heavy atom. The lowest BCUT2D eigenvalue weighted by atomic mass is 9.96. The van der Waals surface area contributed by atoms with E-state index in [4.69, 9.17) is 9.15 Å². The molecule has 0 radical (unpaired) electrons. The van der Waals surface area contributed by atoms with Gasteiger partial charge in [-0.25, -0.2) is 4.79 Å². The highest BCUT2D eigenvalue weighted by molar-refractivity contribution is 5.86. The molecule has 1 amide bonds. The summed E-state index contributed by atoms with van der Waals surface area (Å²) in [6.45, 7) is 5.74. The van der Waals surface area contributed by atoms with Crippen molar-refractivity contribution in [3.8, 4) is 5.75 Å². The van der Waals surface area contributed by atoms with Crippen molar-refractivity contribution in [2.24, 2.45) is 0 Å². The van der Waals surface area contributed by atoms with E-state index in [0.29, 0.717) is 40.9 Å². The van der Waals surface area contributed by atoms with Crippen molar-refractivity contribution in [3.63, 3.8) is 0 Å². The van der Waals surface area contributed by atoms with Gasteiger partial charge in [0.25, 0.3) is 0 Å². The van der Waals surface area contributed by atoms with Gasteiger partial charge in [-0.1, -0.05) is 60.7 Å². The Morgan fingerprint density at radius 1 is 0.895 bits per heavy atom. The fraction of sp³-hybridized carbons (Fsp3) is 0.258. The zero-order chi connectivity index (χ0) is 26.6. The molecule has 0 spiro atoms. The number of rotatable bonds is 6. The normalized spacial score (nSPS) is 14.1. The average Bonchev–Trinajstić information content (AvgIpc) is 2.92. The van der Waals surface area contributed by atoms with Gasteiger partial charge >= 0.3 is 11.6 Å². The molecule has 0 bridgehead atoms. The van der Waals surface area contributed by atoms with E-state index in [-0.39, 0.29) is 18.4 Å². The molecule has 1 saturated heterocycles. The fourth-order valence-electron chi connectivity index (χ4n) is 5.19. The number of ether oxygens (including phenoxy) is 1. The van der Waals surface area contributed by atoms with Crippen LogP contribution in [0.2, 0.25) is 0 Å². The van der Waals surface area contributed by atoms with Crippen molar-refractivity contribution < 1.29 is 18.7 Å². The van der Waals surface area contributed by atoms with Crippen LogP contribution in [0.15, 0.2) is 88.1 Å². The number of piperazine rings is 1. The first-order valence-corrected chi connectivity index (χ1v) is 12.8. The van der Waals surface area contributed by atoms with E-state index in [1.165, 1.54) is 24.1 Å². The van der Waals surface area contributed by atoms with Crippen molar-refractivity contribution in [3.05, 3.63) is 112 Å². The van der Waals surface area contributed by atoms with Gasteiger partial charge in [0.05, 0.1) is 18.0 Å². The first kappa shape index (κ1) is 25.4. The van der Waals surface area contributed by atoms with Gasteiger partial charge in [0.1, 0.15) is 11.3 Å². The van der Waals surface area contributed by atoms with E-state index in [0.717, 1.165) is 13.1 Å². The second-order valence-electron chi connectivity index (χ2n) is 9.56. The van der Waals surface area contributed by atoms with E-state index in [1.54, 1.807) is 12.1 Å². The lowest BCUT2D eigenvalue weighted by Gasteiger charge is -2.40. The van der Waals surface area contributed by atoms with Gasteiger partial charge in [0.15, 0.2) is 0 Å². The van der Waals surface area contributed by atoms with Crippen LogP contribution in [0, 0.1) is 6.92 Å². The second-order valence-corrected chi connectivity index (χ2v) is 9.56. The second kappa shape index (κ2) is 11.0. The van der Waals surface area contributed by atoms with E-state index < -0.39 is 11.6 Å². The average molecular weight is 511 g/mol. The minimum absolute atomic E-state index is 0.0173. The van der Waals surface area contributed by atoms with E-state index in [1.807, 2.05) is 24.0 Å². The minimum atomic E-state index is -0.546. The minimum Gasteiger partial charge on any atom is -0.427 e. The van der Waals surface area contributed by atoms with Gasteiger partial charge in [0.2, 0.25) is 5.91 Å². The van der Waals surface area contributed by atoms with Crippen LogP contribution >= 0.6 is 0 Å². The molecule has 7 heteroatoms. The maximum absolute atomic E-state index is 13.3. The number of esters is 1. The number of benzene rings is 3. The van der Waals surface area contributed by atoms with Gasteiger partial charge in [-0.3, -0.25) is 14.5 Å². The number of nitrogens with zero attached hydrogens (tertiary/aromatic N) is 2. The Kier molecular flexibility index (Phi) is 7.38. The van der Waals surface area contributed by atoms with Crippen LogP contribution in [0.1, 0.15) is 35.2 Å². The summed E-state index contributed by atoms with van der Waals surface area (Å²) < 4.78 is 10.6. The summed E-state index contributed by atoms with van der Waals surface area (Å²) in [6, 6.07) is 25.9. The van der Waals surface area contributed by atoms with Crippen molar-refractivity contribution in [2.75, 3.05) is 26.2 Å². The molecule has 7 nitrogen and oxygen atoms in total. The van der Waals surface area contributed by atoms with Gasteiger partial charge < -0.3 is 14.1 Å². The third-order valence-corrected chi connectivity index (χ3v) is 7.11. The molecule has 38 heavy (non-hydrogen) atoms. The first-order valence-electron chi connectivity index (χ1n) is 12.8. The van der Waals surface area contributed by atoms with Crippen LogP contribution in [-0.4, -0.2) is 47.9 Å². The molecule has 0 unspecified atom stereocenters. The number of aryl methyl sites for hydroxylation is 1. The van der Waals surface area contributed by atoms with Crippen LogP contribution < -0.4 is 10.4 Å². The molecule has 0 aliphatic carbocycles. The molecule has 1 fully saturated rings. The maximum Gasteiger partial charge on any atom is 0.340 e. The molecule has 5 rings (SSSR count). The molecule has 0 atom stereocenters. The van der Waals surface area contributed by atoms with Crippen molar-refractivity contribution in [2.45, 2.75) is 26.3 Å². The quantitative estimate of drug-likeness (QED) is 0.216. The Balaban J connectivity index is 1.30. The van der Waals surface area contributed by atoms with Crippen molar-refractivity contribution in [1.29, 1.82) is 0 Å². The first-order chi connectivity index (χ1) is 18.4. The summed E-state index contributed by atoms with van der Waals surface area (Å²) in [5.74, 6) is -0.241. The standard InChI is InChI=1S/C31H30N2O5/c1-21-26-14-13-25(37-22(2)34)19-28(26)38-31(36)27(21)20-29(35)32-15-17-33(18-16-32)30(23-9-5-3-6-10-23)24-11-7-4-8-12-24/h3-14,19,30H,15-18,20H2,1-2H3. The summed E-state index contributed by atoms with van der Waals surface area (Å²) in [4.78, 5) is 41.6. The van der Waals surface area contributed by atoms with Crippen LogP contribution in [0.3, 0.4) is 0 Å². The monoisotopic (exact) mass is 510 g/mol. The number of carbonyl (C=O) groups excluding carboxylic acids is 2. The summed E-state index contributed by atoms with van der Waals surface area (Å²) in [6.07, 6.45) is -0.0173. The van der Waals surface area contributed by atoms with Crippen LogP contribution in [0.4, 0.5) is 0 Å². The van der Waals surface area contributed by atoms with E-state index in [2.05, 4.69) is 53.4 Å². The zero-order valence-electron chi connectivity index (χ0n) is 21.6. The highest BCUT2D eigenvalue weighted by atomic mass is 16.5. The molecule has 1 aliphatic heterocycles. The molecular weight excluding hydrogens is 480 g/mol. The predicted octanol–water partition coefficient (Wildman–Crippen LogP) is 4.50. The van der Waals surface area contributed by atoms with Crippen LogP contribution in [0.5, 0.6) is 5.75 Å². The van der Waals surface area contributed by atoms with Gasteiger partial charge in [-0.15, -0.1) is 0 Å². The summed E-state index contributed by atoms with van der Waals surface area (Å²) in [5, 5.41) is 0.710. The Labute approximate surface area is 221 Å². The predicted molar refractivity (Wildman–Crippen MR) is 145 cm³/mol. The van der Waals surface area contributed by atoms with Gasteiger partial charge in [-0.05, 0) is 35.7 Å². The van der Waals surface area contributed by atoms with Gasteiger partial charge in [0, 0.05) is 44.6 Å². The van der Waals surface area contributed by atoms with Gasteiger partial charge in [-0.2, -0.15) is 0 Å². The molecule has 0 saturated carbocycles. The lowest BCUT2D eigenvalue weighted by molar-refractivity contribution is -0.133. The highest BCUT2D eigenvalue weighted by Gasteiger charge is 2.29. The molecule has 4 aromatic rings. The molecule has 3 aromatic carbocycles. The highest BCUT2D eigenvalue weighted by Crippen LogP contribution is 2.30. The summed E-state index contributed by atoms with van der Waals surface area (Å²) in [5.41, 5.74) is 3.28. The molecule has 1 aliphatic rings. The Hall–Kier alpha value is -4.23. The van der Waals surface area contributed by atoms with E-state index >= 15 is 0 Å². The Bertz CT molecular complexity index is 1470. The number of carbonyl (C=O) groups is 2. The third-order valence-electron chi connectivity index (χ3n) is 7.11.